The number of sulfonamides is 1. The Labute approximate surface area is 132 Å². The van der Waals surface area contributed by atoms with Gasteiger partial charge in [-0.1, -0.05) is 32.0 Å². The van der Waals surface area contributed by atoms with E-state index >= 15 is 0 Å². The van der Waals surface area contributed by atoms with Gasteiger partial charge in [-0.2, -0.15) is 0 Å². The van der Waals surface area contributed by atoms with Crippen molar-refractivity contribution in [3.63, 3.8) is 0 Å². The molecule has 1 aliphatic rings. The minimum absolute atomic E-state index is 0.0130. The van der Waals surface area contributed by atoms with Crippen LogP contribution >= 0.6 is 0 Å². The highest BCUT2D eigenvalue weighted by Gasteiger charge is 2.29. The minimum atomic E-state index is -3.44. The van der Waals surface area contributed by atoms with Crippen molar-refractivity contribution in [2.45, 2.75) is 33.1 Å². The SMILES string of the molecule is CC(C)CCNC(=O)CCS(=O)(=O)N1CCc2ccccc21. The molecule has 0 fully saturated rings. The molecule has 0 atom stereocenters. The van der Waals surface area contributed by atoms with E-state index in [1.807, 2.05) is 24.3 Å². The van der Waals surface area contributed by atoms with Gasteiger partial charge < -0.3 is 5.32 Å². The Kier molecular flexibility index (Phi) is 5.45. The van der Waals surface area contributed by atoms with Crippen LogP contribution < -0.4 is 9.62 Å². The van der Waals surface area contributed by atoms with E-state index in [1.165, 1.54) is 4.31 Å². The number of para-hydroxylation sites is 1. The molecule has 0 saturated carbocycles. The molecule has 0 aliphatic carbocycles. The summed E-state index contributed by atoms with van der Waals surface area (Å²) in [5.74, 6) is 0.177. The van der Waals surface area contributed by atoms with Crippen molar-refractivity contribution < 1.29 is 13.2 Å². The Bertz CT molecular complexity index is 626. The second-order valence-electron chi connectivity index (χ2n) is 6.05. The zero-order valence-corrected chi connectivity index (χ0v) is 14.0. The van der Waals surface area contributed by atoms with E-state index in [2.05, 4.69) is 19.2 Å². The third kappa shape index (κ3) is 4.22. The molecule has 0 aromatic heterocycles. The number of anilines is 1. The summed E-state index contributed by atoms with van der Waals surface area (Å²) in [5.41, 5.74) is 1.80. The maximum absolute atomic E-state index is 12.4. The second-order valence-corrected chi connectivity index (χ2v) is 8.06. The highest BCUT2D eigenvalue weighted by Crippen LogP contribution is 2.30. The van der Waals surface area contributed by atoms with Gasteiger partial charge in [0.1, 0.15) is 0 Å². The Morgan fingerprint density at radius 3 is 2.77 bits per heavy atom. The maximum Gasteiger partial charge on any atom is 0.235 e. The van der Waals surface area contributed by atoms with E-state index in [0.29, 0.717) is 19.0 Å². The lowest BCUT2D eigenvalue weighted by atomic mass is 10.1. The number of carbonyl (C=O) groups excluding carboxylic acids is 1. The summed E-state index contributed by atoms with van der Waals surface area (Å²) in [6.45, 7) is 5.24. The summed E-state index contributed by atoms with van der Waals surface area (Å²) in [6, 6.07) is 7.52. The van der Waals surface area contributed by atoms with Gasteiger partial charge in [0, 0.05) is 19.5 Å². The molecule has 0 unspecified atom stereocenters. The van der Waals surface area contributed by atoms with E-state index < -0.39 is 10.0 Å². The van der Waals surface area contributed by atoms with Gasteiger partial charge in [0.05, 0.1) is 11.4 Å². The summed E-state index contributed by atoms with van der Waals surface area (Å²) in [6.07, 6.45) is 1.65. The first-order chi connectivity index (χ1) is 10.4. The summed E-state index contributed by atoms with van der Waals surface area (Å²) in [7, 11) is -3.44. The van der Waals surface area contributed by atoms with Crippen molar-refractivity contribution in [1.29, 1.82) is 0 Å². The molecular formula is C16H24N2O3S. The molecule has 6 heteroatoms. The van der Waals surface area contributed by atoms with E-state index in [4.69, 9.17) is 0 Å². The largest absolute Gasteiger partial charge is 0.356 e. The topological polar surface area (TPSA) is 66.5 Å². The van der Waals surface area contributed by atoms with E-state index in [-0.39, 0.29) is 18.1 Å². The van der Waals surface area contributed by atoms with Gasteiger partial charge in [0.15, 0.2) is 0 Å². The van der Waals surface area contributed by atoms with Crippen LogP contribution in [0.2, 0.25) is 0 Å². The van der Waals surface area contributed by atoms with E-state index in [0.717, 1.165) is 24.1 Å². The molecule has 1 aromatic carbocycles. The standard InChI is InChI=1S/C16H24N2O3S/c1-13(2)7-10-17-16(19)9-12-22(20,21)18-11-8-14-5-3-4-6-15(14)18/h3-6,13H,7-12H2,1-2H3,(H,17,19). The lowest BCUT2D eigenvalue weighted by Crippen LogP contribution is -2.34. The predicted molar refractivity (Wildman–Crippen MR) is 88.4 cm³/mol. The summed E-state index contributed by atoms with van der Waals surface area (Å²) in [5, 5.41) is 2.77. The number of rotatable bonds is 7. The van der Waals surface area contributed by atoms with Crippen molar-refractivity contribution in [2.24, 2.45) is 5.92 Å². The zero-order valence-electron chi connectivity index (χ0n) is 13.2. The fourth-order valence-electron chi connectivity index (χ4n) is 2.52. The van der Waals surface area contributed by atoms with Crippen molar-refractivity contribution in [2.75, 3.05) is 23.1 Å². The van der Waals surface area contributed by atoms with Gasteiger partial charge in [0.2, 0.25) is 15.9 Å². The smallest absolute Gasteiger partial charge is 0.235 e. The molecule has 22 heavy (non-hydrogen) atoms. The molecular weight excluding hydrogens is 300 g/mol. The molecule has 0 spiro atoms. The molecule has 1 amide bonds. The molecule has 2 rings (SSSR count). The summed E-state index contributed by atoms with van der Waals surface area (Å²) < 4.78 is 26.3. The number of hydrogen-bond acceptors (Lipinski definition) is 3. The van der Waals surface area contributed by atoms with Crippen LogP contribution in [-0.4, -0.2) is 33.2 Å². The number of nitrogens with one attached hydrogen (secondary N) is 1. The van der Waals surface area contributed by atoms with Gasteiger partial charge in [-0.25, -0.2) is 8.42 Å². The Morgan fingerprint density at radius 1 is 1.32 bits per heavy atom. The van der Waals surface area contributed by atoms with Crippen LogP contribution in [0.5, 0.6) is 0 Å². The van der Waals surface area contributed by atoms with Crippen molar-refractivity contribution in [3.05, 3.63) is 29.8 Å². The third-order valence-electron chi connectivity index (χ3n) is 3.81. The quantitative estimate of drug-likeness (QED) is 0.833. The highest BCUT2D eigenvalue weighted by molar-refractivity contribution is 7.92. The normalized spacial score (nSPS) is 14.2. The van der Waals surface area contributed by atoms with Crippen molar-refractivity contribution in [1.82, 2.24) is 5.32 Å². The predicted octanol–water partition coefficient (Wildman–Crippen LogP) is 1.93. The van der Waals surface area contributed by atoms with Gasteiger partial charge in [-0.15, -0.1) is 0 Å². The zero-order chi connectivity index (χ0) is 16.2. The first-order valence-corrected chi connectivity index (χ1v) is 9.36. The van der Waals surface area contributed by atoms with Crippen LogP contribution in [0.1, 0.15) is 32.3 Å². The lowest BCUT2D eigenvalue weighted by molar-refractivity contribution is -0.120. The molecule has 0 bridgehead atoms. The van der Waals surface area contributed by atoms with Crippen LogP contribution in [0, 0.1) is 5.92 Å². The molecule has 0 saturated heterocycles. The van der Waals surface area contributed by atoms with Crippen molar-refractivity contribution in [3.8, 4) is 0 Å². The number of hydrogen-bond donors (Lipinski definition) is 1. The van der Waals surface area contributed by atoms with Gasteiger partial charge >= 0.3 is 0 Å². The first kappa shape index (κ1) is 16.8. The molecule has 1 aliphatic heterocycles. The second kappa shape index (κ2) is 7.13. The van der Waals surface area contributed by atoms with Gasteiger partial charge in [-0.05, 0) is 30.4 Å². The number of nitrogens with zero attached hydrogens (tertiary/aromatic N) is 1. The molecule has 0 radical (unpaired) electrons. The van der Waals surface area contributed by atoms with Crippen LogP contribution in [-0.2, 0) is 21.2 Å². The fraction of sp³-hybridized carbons (Fsp3) is 0.562. The van der Waals surface area contributed by atoms with Gasteiger partial charge in [0.25, 0.3) is 0 Å². The highest BCUT2D eigenvalue weighted by atomic mass is 32.2. The average Bonchev–Trinajstić information content (AvgIpc) is 2.89. The van der Waals surface area contributed by atoms with Crippen LogP contribution in [0.25, 0.3) is 0 Å². The van der Waals surface area contributed by atoms with Crippen LogP contribution in [0.15, 0.2) is 24.3 Å². The van der Waals surface area contributed by atoms with Crippen LogP contribution in [0.3, 0.4) is 0 Å². The third-order valence-corrected chi connectivity index (χ3v) is 5.58. The minimum Gasteiger partial charge on any atom is -0.356 e. The fourth-order valence-corrected chi connectivity index (χ4v) is 4.03. The van der Waals surface area contributed by atoms with E-state index in [9.17, 15) is 13.2 Å². The number of amides is 1. The monoisotopic (exact) mass is 324 g/mol. The molecule has 122 valence electrons. The molecule has 1 heterocycles. The maximum atomic E-state index is 12.4. The molecule has 5 nitrogen and oxygen atoms in total. The average molecular weight is 324 g/mol. The summed E-state index contributed by atoms with van der Waals surface area (Å²) >= 11 is 0. The van der Waals surface area contributed by atoms with Crippen molar-refractivity contribution >= 4 is 21.6 Å². The number of fused-ring (bicyclic) bond motifs is 1. The van der Waals surface area contributed by atoms with Crippen LogP contribution in [0.4, 0.5) is 5.69 Å². The molecule has 1 aromatic rings. The Morgan fingerprint density at radius 2 is 2.05 bits per heavy atom. The van der Waals surface area contributed by atoms with E-state index in [1.54, 1.807) is 0 Å². The first-order valence-electron chi connectivity index (χ1n) is 7.75. The Balaban J connectivity index is 1.89. The lowest BCUT2D eigenvalue weighted by Gasteiger charge is -2.19. The van der Waals surface area contributed by atoms with Gasteiger partial charge in [-0.3, -0.25) is 9.10 Å². The molecule has 1 N–H and O–H groups in total. The number of carbonyl (C=O) groups is 1. The summed E-state index contributed by atoms with van der Waals surface area (Å²) in [4.78, 5) is 11.7. The number of benzene rings is 1. The Hall–Kier alpha value is -1.56.